The van der Waals surface area contributed by atoms with Crippen molar-refractivity contribution >= 4 is 23.1 Å². The van der Waals surface area contributed by atoms with E-state index in [1.165, 1.54) is 0 Å². The van der Waals surface area contributed by atoms with E-state index in [-0.39, 0.29) is 5.69 Å². The van der Waals surface area contributed by atoms with Gasteiger partial charge in [-0.2, -0.15) is 0 Å². The van der Waals surface area contributed by atoms with Crippen molar-refractivity contribution in [3.8, 4) is 0 Å². The number of hydrogen-bond donors (Lipinski definition) is 2. The monoisotopic (exact) mass is 202 g/mol. The number of aromatic nitrogens is 2. The van der Waals surface area contributed by atoms with Gasteiger partial charge in [0.25, 0.3) is 0 Å². The van der Waals surface area contributed by atoms with E-state index in [1.807, 2.05) is 25.1 Å². The van der Waals surface area contributed by atoms with Crippen molar-refractivity contribution in [1.29, 1.82) is 0 Å². The minimum absolute atomic E-state index is 0.162. The van der Waals surface area contributed by atoms with Crippen molar-refractivity contribution in [1.82, 2.24) is 9.97 Å². The molecule has 2 heterocycles. The Hall–Kier alpha value is -2.10. The largest absolute Gasteiger partial charge is 0.477 e. The maximum absolute atomic E-state index is 10.7. The van der Waals surface area contributed by atoms with Gasteiger partial charge in [0.1, 0.15) is 11.3 Å². The number of aromatic carboxylic acids is 1. The Bertz CT molecular complexity index is 541. The normalized spacial score (nSPS) is 11.3. The first-order chi connectivity index (χ1) is 7.20. The quantitative estimate of drug-likeness (QED) is 0.785. The zero-order chi connectivity index (χ0) is 10.8. The van der Waals surface area contributed by atoms with Crippen LogP contribution in [-0.2, 0) is 0 Å². The van der Waals surface area contributed by atoms with Crippen LogP contribution in [0.4, 0.5) is 0 Å². The molecule has 0 atom stereocenters. The maximum atomic E-state index is 10.7. The van der Waals surface area contributed by atoms with E-state index < -0.39 is 5.97 Å². The van der Waals surface area contributed by atoms with E-state index in [9.17, 15) is 4.79 Å². The molecule has 2 aromatic rings. The molecule has 2 rings (SSSR count). The van der Waals surface area contributed by atoms with E-state index in [0.29, 0.717) is 5.65 Å². The van der Waals surface area contributed by atoms with Gasteiger partial charge < -0.3 is 10.1 Å². The molecule has 0 aliphatic rings. The zero-order valence-corrected chi connectivity index (χ0v) is 8.19. The highest BCUT2D eigenvalue weighted by Gasteiger charge is 2.07. The molecule has 0 radical (unpaired) electrons. The number of fused-ring (bicyclic) bond motifs is 1. The minimum Gasteiger partial charge on any atom is -0.477 e. The molecule has 4 heteroatoms. The summed E-state index contributed by atoms with van der Waals surface area (Å²) in [4.78, 5) is 17.6. The molecule has 0 fully saturated rings. The van der Waals surface area contributed by atoms with Gasteiger partial charge in [-0.1, -0.05) is 12.2 Å². The maximum Gasteiger partial charge on any atom is 0.352 e. The van der Waals surface area contributed by atoms with Gasteiger partial charge in [0.2, 0.25) is 0 Å². The highest BCUT2D eigenvalue weighted by Crippen LogP contribution is 2.15. The van der Waals surface area contributed by atoms with Crippen molar-refractivity contribution in [3.05, 3.63) is 35.7 Å². The van der Waals surface area contributed by atoms with Crippen LogP contribution in [0, 0.1) is 0 Å². The van der Waals surface area contributed by atoms with E-state index in [1.54, 1.807) is 12.3 Å². The molecule has 0 aliphatic heterocycles. The van der Waals surface area contributed by atoms with Crippen LogP contribution in [0.2, 0.25) is 0 Å². The number of rotatable bonds is 2. The molecule has 4 nitrogen and oxygen atoms in total. The third-order valence-electron chi connectivity index (χ3n) is 2.08. The Kier molecular flexibility index (Phi) is 2.25. The Labute approximate surface area is 86.3 Å². The summed E-state index contributed by atoms with van der Waals surface area (Å²) in [6, 6.07) is 3.48. The highest BCUT2D eigenvalue weighted by atomic mass is 16.4. The number of nitrogens with zero attached hydrogens (tertiary/aromatic N) is 1. The van der Waals surface area contributed by atoms with Gasteiger partial charge in [-0.25, -0.2) is 9.78 Å². The average Bonchev–Trinajstić information content (AvgIpc) is 2.61. The zero-order valence-electron chi connectivity index (χ0n) is 8.19. The molecule has 0 spiro atoms. The standard InChI is InChI=1S/C11H10N2O2/c1-2-3-7-4-8-5-9(11(14)15)13-10(8)12-6-7/h2-6H,1H3,(H,12,13)(H,14,15)/b3-2+. The first-order valence-corrected chi connectivity index (χ1v) is 4.55. The highest BCUT2D eigenvalue weighted by molar-refractivity contribution is 5.92. The molecular weight excluding hydrogens is 192 g/mol. The van der Waals surface area contributed by atoms with Crippen molar-refractivity contribution in [2.75, 3.05) is 0 Å². The van der Waals surface area contributed by atoms with Gasteiger partial charge in [0.15, 0.2) is 0 Å². The summed E-state index contributed by atoms with van der Waals surface area (Å²) in [5.41, 5.74) is 1.72. The Morgan fingerprint density at radius 2 is 2.33 bits per heavy atom. The molecule has 15 heavy (non-hydrogen) atoms. The molecular formula is C11H10N2O2. The first kappa shape index (κ1) is 9.45. The van der Waals surface area contributed by atoms with Crippen LogP contribution in [0.5, 0.6) is 0 Å². The van der Waals surface area contributed by atoms with E-state index in [4.69, 9.17) is 5.11 Å². The minimum atomic E-state index is -0.972. The molecule has 76 valence electrons. The second kappa shape index (κ2) is 3.57. The van der Waals surface area contributed by atoms with Crippen molar-refractivity contribution in [2.24, 2.45) is 0 Å². The lowest BCUT2D eigenvalue weighted by molar-refractivity contribution is 0.0691. The predicted octanol–water partition coefficient (Wildman–Crippen LogP) is 2.29. The third kappa shape index (κ3) is 1.74. The number of carboxylic acids is 1. The molecule has 2 N–H and O–H groups in total. The summed E-state index contributed by atoms with van der Waals surface area (Å²) in [6.45, 7) is 1.92. The summed E-state index contributed by atoms with van der Waals surface area (Å²) in [6.07, 6.45) is 5.53. The van der Waals surface area contributed by atoms with Crippen LogP contribution in [0.25, 0.3) is 17.1 Å². The summed E-state index contributed by atoms with van der Waals surface area (Å²) in [5.74, 6) is -0.972. The molecule has 0 saturated carbocycles. The van der Waals surface area contributed by atoms with Gasteiger partial charge in [-0.3, -0.25) is 0 Å². The number of carboxylic acid groups (broad SMARTS) is 1. The first-order valence-electron chi connectivity index (χ1n) is 4.55. The van der Waals surface area contributed by atoms with E-state index >= 15 is 0 Å². The summed E-state index contributed by atoms with van der Waals surface area (Å²) in [7, 11) is 0. The van der Waals surface area contributed by atoms with Gasteiger partial charge in [-0.05, 0) is 24.6 Å². The lowest BCUT2D eigenvalue weighted by Crippen LogP contribution is -1.94. The van der Waals surface area contributed by atoms with Gasteiger partial charge in [0, 0.05) is 11.6 Å². The number of nitrogens with one attached hydrogen (secondary N) is 1. The summed E-state index contributed by atoms with van der Waals surface area (Å²) >= 11 is 0. The second-order valence-electron chi connectivity index (χ2n) is 3.19. The van der Waals surface area contributed by atoms with E-state index in [2.05, 4.69) is 9.97 Å². The number of H-pyrrole nitrogens is 1. The van der Waals surface area contributed by atoms with E-state index in [0.717, 1.165) is 10.9 Å². The number of aromatic amines is 1. The molecule has 2 aromatic heterocycles. The smallest absolute Gasteiger partial charge is 0.352 e. The van der Waals surface area contributed by atoms with Crippen molar-refractivity contribution in [3.63, 3.8) is 0 Å². The molecule has 0 aliphatic carbocycles. The second-order valence-corrected chi connectivity index (χ2v) is 3.19. The number of hydrogen-bond acceptors (Lipinski definition) is 2. The fourth-order valence-corrected chi connectivity index (χ4v) is 1.43. The molecule has 0 aromatic carbocycles. The van der Waals surface area contributed by atoms with Crippen LogP contribution in [0.3, 0.4) is 0 Å². The number of allylic oxidation sites excluding steroid dienone is 1. The fourth-order valence-electron chi connectivity index (χ4n) is 1.43. The van der Waals surface area contributed by atoms with Crippen LogP contribution >= 0.6 is 0 Å². The van der Waals surface area contributed by atoms with Crippen LogP contribution in [0.1, 0.15) is 23.0 Å². The molecule has 0 saturated heterocycles. The van der Waals surface area contributed by atoms with Crippen LogP contribution < -0.4 is 0 Å². The van der Waals surface area contributed by atoms with Gasteiger partial charge >= 0.3 is 5.97 Å². The fraction of sp³-hybridized carbons (Fsp3) is 0.0909. The number of carbonyl (C=O) groups is 1. The Morgan fingerprint density at radius 3 is 3.00 bits per heavy atom. The van der Waals surface area contributed by atoms with Crippen molar-refractivity contribution < 1.29 is 9.90 Å². The topological polar surface area (TPSA) is 66.0 Å². The Balaban J connectivity index is 2.56. The number of pyridine rings is 1. The molecule has 0 unspecified atom stereocenters. The van der Waals surface area contributed by atoms with Crippen molar-refractivity contribution in [2.45, 2.75) is 6.92 Å². The van der Waals surface area contributed by atoms with Crippen LogP contribution in [-0.4, -0.2) is 21.0 Å². The molecule has 0 amide bonds. The van der Waals surface area contributed by atoms with Crippen LogP contribution in [0.15, 0.2) is 24.4 Å². The summed E-state index contributed by atoms with van der Waals surface area (Å²) in [5, 5.41) is 9.59. The summed E-state index contributed by atoms with van der Waals surface area (Å²) < 4.78 is 0. The lowest BCUT2D eigenvalue weighted by Gasteiger charge is -1.91. The Morgan fingerprint density at radius 1 is 1.53 bits per heavy atom. The SMILES string of the molecule is C/C=C/c1cnc2[nH]c(C(=O)O)cc2c1. The molecule has 0 bridgehead atoms. The van der Waals surface area contributed by atoms with Gasteiger partial charge in [-0.15, -0.1) is 0 Å². The third-order valence-corrected chi connectivity index (χ3v) is 2.08. The predicted molar refractivity (Wildman–Crippen MR) is 57.8 cm³/mol. The lowest BCUT2D eigenvalue weighted by atomic mass is 10.2. The van der Waals surface area contributed by atoms with Gasteiger partial charge in [0.05, 0.1) is 0 Å². The average molecular weight is 202 g/mol.